The van der Waals surface area contributed by atoms with Crippen LogP contribution in [0.1, 0.15) is 38.1 Å². The Morgan fingerprint density at radius 2 is 2.16 bits per heavy atom. The number of hydrogen-bond donors (Lipinski definition) is 1. The van der Waals surface area contributed by atoms with E-state index in [1.54, 1.807) is 0 Å². The number of nitrogens with zero attached hydrogens (tertiary/aromatic N) is 3. The lowest BCUT2D eigenvalue weighted by Gasteiger charge is -2.27. The van der Waals surface area contributed by atoms with E-state index in [0.717, 1.165) is 25.3 Å². The molecule has 1 heterocycles. The molecule has 0 aromatic carbocycles. The molecule has 0 aliphatic rings. The highest BCUT2D eigenvalue weighted by Gasteiger charge is 2.20. The summed E-state index contributed by atoms with van der Waals surface area (Å²) in [5, 5.41) is 4.49. The zero-order valence-electron chi connectivity index (χ0n) is 12.9. The number of likely N-dealkylation sites (N-methyl/N-ethyl adjacent to an activating group) is 1. The smallest absolute Gasteiger partial charge is 0.0670 e. The standard InChI is InChI=1S/C14H28N4O/c1-6-13-12(10-18(5)16-13)14(9-15)17(4)7-8-19-11(2)3/h10-11,14H,6-9,15H2,1-5H3. The fourth-order valence-electron chi connectivity index (χ4n) is 2.24. The molecule has 1 aromatic heterocycles. The van der Waals surface area contributed by atoms with E-state index in [0.29, 0.717) is 6.54 Å². The average molecular weight is 268 g/mol. The molecule has 2 N–H and O–H groups in total. The van der Waals surface area contributed by atoms with Gasteiger partial charge in [0.15, 0.2) is 0 Å². The molecule has 19 heavy (non-hydrogen) atoms. The molecule has 0 bridgehead atoms. The lowest BCUT2D eigenvalue weighted by atomic mass is 10.1. The summed E-state index contributed by atoms with van der Waals surface area (Å²) in [7, 11) is 4.05. The van der Waals surface area contributed by atoms with Gasteiger partial charge in [-0.3, -0.25) is 9.58 Å². The first-order chi connectivity index (χ1) is 8.99. The Morgan fingerprint density at radius 1 is 1.47 bits per heavy atom. The van der Waals surface area contributed by atoms with E-state index in [2.05, 4.69) is 44.0 Å². The third-order valence-electron chi connectivity index (χ3n) is 3.28. The Bertz CT molecular complexity index is 376. The number of aromatic nitrogens is 2. The summed E-state index contributed by atoms with van der Waals surface area (Å²) in [5.41, 5.74) is 8.32. The largest absolute Gasteiger partial charge is 0.377 e. The van der Waals surface area contributed by atoms with E-state index in [-0.39, 0.29) is 12.1 Å². The van der Waals surface area contributed by atoms with E-state index in [4.69, 9.17) is 10.5 Å². The molecule has 0 saturated carbocycles. The topological polar surface area (TPSA) is 56.3 Å². The third kappa shape index (κ3) is 4.60. The quantitative estimate of drug-likeness (QED) is 0.773. The van der Waals surface area contributed by atoms with Crippen LogP contribution in [0, 0.1) is 0 Å². The third-order valence-corrected chi connectivity index (χ3v) is 3.28. The summed E-state index contributed by atoms with van der Waals surface area (Å²) in [6.07, 6.45) is 3.29. The molecule has 1 rings (SSSR count). The van der Waals surface area contributed by atoms with Crippen molar-refractivity contribution < 1.29 is 4.74 Å². The molecule has 0 spiro atoms. The first-order valence-corrected chi connectivity index (χ1v) is 7.03. The predicted molar refractivity (Wildman–Crippen MR) is 78.1 cm³/mol. The maximum Gasteiger partial charge on any atom is 0.0670 e. The molecular weight excluding hydrogens is 240 g/mol. The molecule has 0 saturated heterocycles. The highest BCUT2D eigenvalue weighted by atomic mass is 16.5. The van der Waals surface area contributed by atoms with Crippen LogP contribution in [0.15, 0.2) is 6.20 Å². The van der Waals surface area contributed by atoms with Crippen molar-refractivity contribution >= 4 is 0 Å². The molecule has 5 heteroatoms. The van der Waals surface area contributed by atoms with Crippen molar-refractivity contribution in [3.8, 4) is 0 Å². The van der Waals surface area contributed by atoms with Gasteiger partial charge in [-0.2, -0.15) is 5.10 Å². The van der Waals surface area contributed by atoms with Gasteiger partial charge >= 0.3 is 0 Å². The number of nitrogens with two attached hydrogens (primary N) is 1. The SMILES string of the molecule is CCc1nn(C)cc1C(CN)N(C)CCOC(C)C. The number of hydrogen-bond acceptors (Lipinski definition) is 4. The van der Waals surface area contributed by atoms with Crippen LogP contribution in [0.2, 0.25) is 0 Å². The van der Waals surface area contributed by atoms with Gasteiger partial charge in [0, 0.05) is 31.9 Å². The van der Waals surface area contributed by atoms with Gasteiger partial charge in [-0.15, -0.1) is 0 Å². The Labute approximate surface area is 116 Å². The zero-order chi connectivity index (χ0) is 14.4. The van der Waals surface area contributed by atoms with Crippen LogP contribution in [0.3, 0.4) is 0 Å². The van der Waals surface area contributed by atoms with Gasteiger partial charge in [0.2, 0.25) is 0 Å². The molecule has 1 unspecified atom stereocenters. The summed E-state index contributed by atoms with van der Waals surface area (Å²) < 4.78 is 7.47. The molecule has 0 amide bonds. The molecule has 1 aromatic rings. The maximum atomic E-state index is 5.95. The van der Waals surface area contributed by atoms with Gasteiger partial charge in [-0.25, -0.2) is 0 Å². The van der Waals surface area contributed by atoms with Crippen LogP contribution in [0.25, 0.3) is 0 Å². The Morgan fingerprint density at radius 3 is 2.68 bits per heavy atom. The molecule has 0 fully saturated rings. The van der Waals surface area contributed by atoms with E-state index in [1.807, 2.05) is 11.7 Å². The highest BCUT2D eigenvalue weighted by molar-refractivity contribution is 5.22. The minimum absolute atomic E-state index is 0.208. The van der Waals surface area contributed by atoms with Crippen LogP contribution in [0.5, 0.6) is 0 Å². The van der Waals surface area contributed by atoms with E-state index < -0.39 is 0 Å². The molecule has 0 radical (unpaired) electrons. The molecule has 1 atom stereocenters. The van der Waals surface area contributed by atoms with Crippen molar-refractivity contribution in [2.45, 2.75) is 39.3 Å². The van der Waals surface area contributed by atoms with E-state index in [9.17, 15) is 0 Å². The van der Waals surface area contributed by atoms with Crippen molar-refractivity contribution in [3.63, 3.8) is 0 Å². The second-order valence-corrected chi connectivity index (χ2v) is 5.21. The van der Waals surface area contributed by atoms with Crippen molar-refractivity contribution in [2.75, 3.05) is 26.7 Å². The van der Waals surface area contributed by atoms with Crippen molar-refractivity contribution in [1.82, 2.24) is 14.7 Å². The number of rotatable bonds is 8. The maximum absolute atomic E-state index is 5.95. The number of aryl methyl sites for hydroxylation is 2. The molecule has 5 nitrogen and oxygen atoms in total. The van der Waals surface area contributed by atoms with Gasteiger partial charge in [-0.05, 0) is 27.3 Å². The lowest BCUT2D eigenvalue weighted by molar-refractivity contribution is 0.0563. The van der Waals surface area contributed by atoms with Crippen LogP contribution < -0.4 is 5.73 Å². The van der Waals surface area contributed by atoms with Crippen molar-refractivity contribution in [2.24, 2.45) is 12.8 Å². The predicted octanol–water partition coefficient (Wildman–Crippen LogP) is 1.34. The van der Waals surface area contributed by atoms with Crippen molar-refractivity contribution in [1.29, 1.82) is 0 Å². The molecule has 0 aliphatic carbocycles. The van der Waals surface area contributed by atoms with Crippen molar-refractivity contribution in [3.05, 3.63) is 17.5 Å². The molecule has 0 aliphatic heterocycles. The summed E-state index contributed by atoms with van der Waals surface area (Å²) in [6.45, 7) is 8.43. The monoisotopic (exact) mass is 268 g/mol. The minimum Gasteiger partial charge on any atom is -0.377 e. The highest BCUT2D eigenvalue weighted by Crippen LogP contribution is 2.21. The summed E-state index contributed by atoms with van der Waals surface area (Å²) in [6, 6.07) is 0.208. The average Bonchev–Trinajstić information content (AvgIpc) is 2.71. The van der Waals surface area contributed by atoms with Gasteiger partial charge < -0.3 is 10.5 Å². The zero-order valence-corrected chi connectivity index (χ0v) is 12.9. The van der Waals surface area contributed by atoms with Gasteiger partial charge in [0.25, 0.3) is 0 Å². The fraction of sp³-hybridized carbons (Fsp3) is 0.786. The van der Waals surface area contributed by atoms with Crippen LogP contribution in [-0.2, 0) is 18.2 Å². The normalized spacial score (nSPS) is 13.5. The summed E-state index contributed by atoms with van der Waals surface area (Å²) in [5.74, 6) is 0. The van der Waals surface area contributed by atoms with Gasteiger partial charge in [0.1, 0.15) is 0 Å². The lowest BCUT2D eigenvalue weighted by Crippen LogP contribution is -2.33. The molecule has 110 valence electrons. The fourth-order valence-corrected chi connectivity index (χ4v) is 2.24. The Balaban J connectivity index is 2.70. The summed E-state index contributed by atoms with van der Waals surface area (Å²) >= 11 is 0. The molecular formula is C14H28N4O. The first kappa shape index (κ1) is 16.1. The van der Waals surface area contributed by atoms with E-state index >= 15 is 0 Å². The van der Waals surface area contributed by atoms with Crippen LogP contribution in [-0.4, -0.2) is 47.5 Å². The van der Waals surface area contributed by atoms with Crippen LogP contribution in [0.4, 0.5) is 0 Å². The van der Waals surface area contributed by atoms with Gasteiger partial charge in [-0.1, -0.05) is 6.92 Å². The Hall–Kier alpha value is -0.910. The second kappa shape index (κ2) is 7.62. The minimum atomic E-state index is 0.208. The summed E-state index contributed by atoms with van der Waals surface area (Å²) in [4.78, 5) is 2.25. The van der Waals surface area contributed by atoms with Crippen LogP contribution >= 0.6 is 0 Å². The Kier molecular flexibility index (Phi) is 6.48. The second-order valence-electron chi connectivity index (χ2n) is 5.21. The number of ether oxygens (including phenoxy) is 1. The van der Waals surface area contributed by atoms with E-state index in [1.165, 1.54) is 5.56 Å². The van der Waals surface area contributed by atoms with Gasteiger partial charge in [0.05, 0.1) is 24.4 Å². The first-order valence-electron chi connectivity index (χ1n) is 7.03.